The number of benzene rings is 1. The molecule has 0 atom stereocenters. The smallest absolute Gasteiger partial charge is 0.303 e. The van der Waals surface area contributed by atoms with Crippen LogP contribution in [0, 0.1) is 0 Å². The lowest BCUT2D eigenvalue weighted by atomic mass is 10.2. The number of imidazole rings is 1. The Labute approximate surface area is 156 Å². The van der Waals surface area contributed by atoms with Gasteiger partial charge < -0.3 is 19.6 Å². The van der Waals surface area contributed by atoms with Crippen LogP contribution in [-0.2, 0) is 22.6 Å². The molecule has 0 bridgehead atoms. The number of nitrogens with zero attached hydrogens (tertiary/aromatic N) is 2. The first-order valence-corrected chi connectivity index (χ1v) is 8.73. The van der Waals surface area contributed by atoms with E-state index in [2.05, 4.69) is 10.3 Å². The number of carbonyl (C=O) groups excluding carboxylic acids is 1. The molecule has 0 saturated carbocycles. The van der Waals surface area contributed by atoms with E-state index in [1.165, 1.54) is 0 Å². The first-order chi connectivity index (χ1) is 13.1. The van der Waals surface area contributed by atoms with E-state index in [0.29, 0.717) is 25.3 Å². The fourth-order valence-corrected chi connectivity index (χ4v) is 2.62. The first-order valence-electron chi connectivity index (χ1n) is 8.73. The Kier molecular flexibility index (Phi) is 6.04. The molecule has 1 amide bonds. The third-order valence-corrected chi connectivity index (χ3v) is 3.97. The summed E-state index contributed by atoms with van der Waals surface area (Å²) in [6.07, 6.45) is 4.54. The molecule has 0 saturated heterocycles. The van der Waals surface area contributed by atoms with Crippen molar-refractivity contribution in [1.29, 1.82) is 0 Å². The summed E-state index contributed by atoms with van der Waals surface area (Å²) in [7, 11) is 0. The number of carbonyl (C=O) groups is 2. The largest absolute Gasteiger partial charge is 0.494 e. The van der Waals surface area contributed by atoms with Gasteiger partial charge in [0.15, 0.2) is 0 Å². The normalized spacial score (nSPS) is 10.7. The van der Waals surface area contributed by atoms with Crippen LogP contribution >= 0.6 is 0 Å². The van der Waals surface area contributed by atoms with Gasteiger partial charge in [-0.3, -0.25) is 9.59 Å². The van der Waals surface area contributed by atoms with Gasteiger partial charge in [0.2, 0.25) is 5.91 Å². The van der Waals surface area contributed by atoms with Crippen molar-refractivity contribution < 1.29 is 19.4 Å². The molecule has 0 aliphatic carbocycles. The zero-order valence-electron chi connectivity index (χ0n) is 14.8. The van der Waals surface area contributed by atoms with E-state index in [4.69, 9.17) is 9.84 Å². The van der Waals surface area contributed by atoms with Crippen molar-refractivity contribution in [3.63, 3.8) is 0 Å². The quantitative estimate of drug-likeness (QED) is 0.567. The Morgan fingerprint density at radius 1 is 1.15 bits per heavy atom. The van der Waals surface area contributed by atoms with E-state index in [0.717, 1.165) is 16.9 Å². The number of aromatic nitrogens is 2. The van der Waals surface area contributed by atoms with Gasteiger partial charge in [-0.25, -0.2) is 4.98 Å². The highest BCUT2D eigenvalue weighted by molar-refractivity contribution is 5.78. The summed E-state index contributed by atoms with van der Waals surface area (Å²) in [4.78, 5) is 27.0. The molecule has 0 unspecified atom stereocenters. The van der Waals surface area contributed by atoms with Gasteiger partial charge in [0.1, 0.15) is 11.4 Å². The van der Waals surface area contributed by atoms with Gasteiger partial charge >= 0.3 is 5.97 Å². The minimum atomic E-state index is -0.826. The van der Waals surface area contributed by atoms with Gasteiger partial charge in [0.25, 0.3) is 0 Å². The maximum Gasteiger partial charge on any atom is 0.303 e. The Hall–Kier alpha value is -3.35. The van der Waals surface area contributed by atoms with Crippen LogP contribution in [0.2, 0.25) is 0 Å². The zero-order valence-corrected chi connectivity index (χ0v) is 14.8. The lowest BCUT2D eigenvalue weighted by Crippen LogP contribution is -2.24. The van der Waals surface area contributed by atoms with E-state index >= 15 is 0 Å². The number of hydrogen-bond acceptors (Lipinski definition) is 4. The van der Waals surface area contributed by atoms with Crippen molar-refractivity contribution in [3.8, 4) is 5.75 Å². The van der Waals surface area contributed by atoms with E-state index < -0.39 is 5.97 Å². The van der Waals surface area contributed by atoms with Crippen LogP contribution in [0.25, 0.3) is 5.65 Å². The van der Waals surface area contributed by atoms with Crippen LogP contribution < -0.4 is 10.1 Å². The van der Waals surface area contributed by atoms with Crippen molar-refractivity contribution in [2.75, 3.05) is 6.61 Å². The standard InChI is InChI=1S/C20H21N3O4/c24-19(12-16-14-23-10-2-1-4-18(23)22-16)21-13-15-6-8-17(9-7-15)27-11-3-5-20(25)26/h1-2,4,6-10,14H,3,5,11-13H2,(H,21,24)(H,25,26). The van der Waals surface area contributed by atoms with Crippen LogP contribution in [0.3, 0.4) is 0 Å². The number of nitrogens with one attached hydrogen (secondary N) is 1. The van der Waals surface area contributed by atoms with E-state index in [1.807, 2.05) is 59.3 Å². The predicted octanol–water partition coefficient (Wildman–Crippen LogP) is 2.44. The molecule has 1 aromatic carbocycles. The first kappa shape index (κ1) is 18.4. The third kappa shape index (κ3) is 5.57. The van der Waals surface area contributed by atoms with Crippen molar-refractivity contribution in [1.82, 2.24) is 14.7 Å². The third-order valence-electron chi connectivity index (χ3n) is 3.97. The number of ether oxygens (including phenoxy) is 1. The van der Waals surface area contributed by atoms with Crippen molar-refractivity contribution in [2.24, 2.45) is 0 Å². The van der Waals surface area contributed by atoms with Crippen LogP contribution in [0.15, 0.2) is 54.9 Å². The van der Waals surface area contributed by atoms with Gasteiger partial charge in [0, 0.05) is 25.4 Å². The summed E-state index contributed by atoms with van der Waals surface area (Å²) in [5.41, 5.74) is 2.50. The molecular formula is C20H21N3O4. The van der Waals surface area contributed by atoms with Crippen LogP contribution in [0.5, 0.6) is 5.75 Å². The molecule has 27 heavy (non-hydrogen) atoms. The fraction of sp³-hybridized carbons (Fsp3) is 0.250. The Morgan fingerprint density at radius 3 is 2.70 bits per heavy atom. The minimum absolute atomic E-state index is 0.0904. The summed E-state index contributed by atoms with van der Waals surface area (Å²) >= 11 is 0. The maximum absolute atomic E-state index is 12.1. The Morgan fingerprint density at radius 2 is 1.96 bits per heavy atom. The summed E-state index contributed by atoms with van der Waals surface area (Å²) < 4.78 is 7.37. The topological polar surface area (TPSA) is 92.9 Å². The highest BCUT2D eigenvalue weighted by Crippen LogP contribution is 2.13. The average Bonchev–Trinajstić information content (AvgIpc) is 3.06. The second-order valence-corrected chi connectivity index (χ2v) is 6.14. The minimum Gasteiger partial charge on any atom is -0.494 e. The molecule has 7 heteroatoms. The summed E-state index contributed by atoms with van der Waals surface area (Å²) in [5.74, 6) is -0.235. The van der Waals surface area contributed by atoms with Crippen molar-refractivity contribution in [2.45, 2.75) is 25.8 Å². The highest BCUT2D eigenvalue weighted by Gasteiger charge is 2.07. The van der Waals surface area contributed by atoms with Crippen molar-refractivity contribution >= 4 is 17.5 Å². The number of rotatable bonds is 9. The van der Waals surface area contributed by atoms with Gasteiger partial charge in [-0.15, -0.1) is 0 Å². The SMILES string of the molecule is O=C(O)CCCOc1ccc(CNC(=O)Cc2cn3ccccc3n2)cc1. The Bertz CT molecular complexity index is 885. The number of aliphatic carboxylic acids is 1. The monoisotopic (exact) mass is 367 g/mol. The molecule has 3 aromatic rings. The average molecular weight is 367 g/mol. The van der Waals surface area contributed by atoms with Crippen LogP contribution in [0.1, 0.15) is 24.1 Å². The molecule has 0 radical (unpaired) electrons. The molecule has 2 heterocycles. The molecule has 0 aliphatic heterocycles. The molecule has 0 fully saturated rings. The lowest BCUT2D eigenvalue weighted by molar-refractivity contribution is -0.137. The highest BCUT2D eigenvalue weighted by atomic mass is 16.5. The van der Waals surface area contributed by atoms with Gasteiger partial charge in [-0.1, -0.05) is 18.2 Å². The zero-order chi connectivity index (χ0) is 19.1. The molecular weight excluding hydrogens is 346 g/mol. The fourth-order valence-electron chi connectivity index (χ4n) is 2.62. The van der Waals surface area contributed by atoms with E-state index in [1.54, 1.807) is 0 Å². The number of hydrogen-bond donors (Lipinski definition) is 2. The maximum atomic E-state index is 12.1. The number of amides is 1. The number of pyridine rings is 1. The van der Waals surface area contributed by atoms with E-state index in [9.17, 15) is 9.59 Å². The molecule has 140 valence electrons. The van der Waals surface area contributed by atoms with Gasteiger partial charge in [0.05, 0.1) is 18.7 Å². The number of carboxylic acid groups (broad SMARTS) is 1. The molecule has 0 spiro atoms. The van der Waals surface area contributed by atoms with Gasteiger partial charge in [-0.05, 0) is 36.2 Å². The van der Waals surface area contributed by atoms with E-state index in [-0.39, 0.29) is 18.7 Å². The summed E-state index contributed by atoms with van der Waals surface area (Å²) in [6, 6.07) is 13.1. The second kappa shape index (κ2) is 8.84. The lowest BCUT2D eigenvalue weighted by Gasteiger charge is -2.07. The second-order valence-electron chi connectivity index (χ2n) is 6.14. The molecule has 3 rings (SSSR count). The predicted molar refractivity (Wildman–Crippen MR) is 99.5 cm³/mol. The van der Waals surface area contributed by atoms with Crippen molar-refractivity contribution in [3.05, 3.63) is 66.1 Å². The summed E-state index contributed by atoms with van der Waals surface area (Å²) in [6.45, 7) is 0.785. The molecule has 7 nitrogen and oxygen atoms in total. The Balaban J connectivity index is 1.43. The molecule has 2 aromatic heterocycles. The molecule has 0 aliphatic rings. The number of fused-ring (bicyclic) bond motifs is 1. The van der Waals surface area contributed by atoms with Crippen LogP contribution in [0.4, 0.5) is 0 Å². The van der Waals surface area contributed by atoms with Crippen LogP contribution in [-0.4, -0.2) is 33.0 Å². The van der Waals surface area contributed by atoms with Gasteiger partial charge in [-0.2, -0.15) is 0 Å². The summed E-state index contributed by atoms with van der Waals surface area (Å²) in [5, 5.41) is 11.5. The molecule has 2 N–H and O–H groups in total. The number of carboxylic acids is 1.